The second kappa shape index (κ2) is 6.10. The fourth-order valence-electron chi connectivity index (χ4n) is 2.40. The molecule has 1 aliphatic heterocycles. The van der Waals surface area contributed by atoms with Crippen LogP contribution in [-0.4, -0.2) is 34.0 Å². The summed E-state index contributed by atoms with van der Waals surface area (Å²) in [5.74, 6) is -0.142. The normalized spacial score (nSPS) is 20.1. The van der Waals surface area contributed by atoms with Gasteiger partial charge in [-0.2, -0.15) is 0 Å². The fourth-order valence-corrected chi connectivity index (χ4v) is 2.58. The molecule has 4 nitrogen and oxygen atoms in total. The lowest BCUT2D eigenvalue weighted by molar-refractivity contribution is -0.160. The second-order valence-electron chi connectivity index (χ2n) is 6.11. The molecule has 5 heteroatoms. The Morgan fingerprint density at radius 3 is 2.90 bits per heavy atom. The number of hydrogen-bond acceptors (Lipinski definition) is 4. The highest BCUT2D eigenvalue weighted by Gasteiger charge is 2.34. The summed E-state index contributed by atoms with van der Waals surface area (Å²) in [7, 11) is 0. The van der Waals surface area contributed by atoms with Gasteiger partial charge in [0.2, 0.25) is 0 Å². The van der Waals surface area contributed by atoms with Crippen LogP contribution in [0.4, 0.5) is 0 Å². The minimum atomic E-state index is -0.445. The maximum absolute atomic E-state index is 12.2. The molecule has 0 saturated carbocycles. The molecule has 0 bridgehead atoms. The van der Waals surface area contributed by atoms with Gasteiger partial charge in [0.25, 0.3) is 0 Å². The molecule has 1 aliphatic rings. The molecule has 0 unspecified atom stereocenters. The molecule has 1 aromatic heterocycles. The van der Waals surface area contributed by atoms with Crippen LogP contribution in [-0.2, 0) is 16.1 Å². The topological polar surface area (TPSA) is 42.4 Å². The molecule has 0 aromatic carbocycles. The lowest BCUT2D eigenvalue weighted by Crippen LogP contribution is -2.40. The first-order valence-corrected chi connectivity index (χ1v) is 7.31. The largest absolute Gasteiger partial charge is 0.459 e. The van der Waals surface area contributed by atoms with Crippen LogP contribution < -0.4 is 0 Å². The molecule has 0 N–H and O–H groups in total. The standard InChI is InChI=1S/C15H21ClN2O2/c1-15(2,3)20-14(19)12-7-5-9-18(12)10-11-6-4-8-13(16)17-11/h4,6,8,12H,5,7,9-10H2,1-3H3/t12-/m1/s1. The molecule has 1 aromatic rings. The van der Waals surface area contributed by atoms with Crippen molar-refractivity contribution in [2.75, 3.05) is 6.54 Å². The molecule has 2 heterocycles. The highest BCUT2D eigenvalue weighted by molar-refractivity contribution is 6.29. The van der Waals surface area contributed by atoms with Gasteiger partial charge in [0.05, 0.1) is 5.69 Å². The van der Waals surface area contributed by atoms with E-state index in [1.54, 1.807) is 6.07 Å². The number of nitrogens with zero attached hydrogens (tertiary/aromatic N) is 2. The average Bonchev–Trinajstić information content (AvgIpc) is 2.75. The number of aromatic nitrogens is 1. The van der Waals surface area contributed by atoms with Crippen molar-refractivity contribution in [1.82, 2.24) is 9.88 Å². The van der Waals surface area contributed by atoms with Crippen LogP contribution in [0.2, 0.25) is 5.15 Å². The smallest absolute Gasteiger partial charge is 0.323 e. The number of esters is 1. The molecule has 0 radical (unpaired) electrons. The monoisotopic (exact) mass is 296 g/mol. The highest BCUT2D eigenvalue weighted by Crippen LogP contribution is 2.23. The van der Waals surface area contributed by atoms with Gasteiger partial charge in [0.15, 0.2) is 0 Å². The Hall–Kier alpha value is -1.13. The second-order valence-corrected chi connectivity index (χ2v) is 6.50. The minimum Gasteiger partial charge on any atom is -0.459 e. The van der Waals surface area contributed by atoms with Crippen molar-refractivity contribution in [1.29, 1.82) is 0 Å². The van der Waals surface area contributed by atoms with Crippen LogP contribution in [0.25, 0.3) is 0 Å². The molecular weight excluding hydrogens is 276 g/mol. The molecule has 110 valence electrons. The van der Waals surface area contributed by atoms with E-state index in [4.69, 9.17) is 16.3 Å². The van der Waals surface area contributed by atoms with Crippen molar-refractivity contribution < 1.29 is 9.53 Å². The predicted molar refractivity (Wildman–Crippen MR) is 78.5 cm³/mol. The number of ether oxygens (including phenoxy) is 1. The number of halogens is 1. The van der Waals surface area contributed by atoms with Crippen LogP contribution in [0.5, 0.6) is 0 Å². The van der Waals surface area contributed by atoms with Gasteiger partial charge in [-0.3, -0.25) is 9.69 Å². The zero-order chi connectivity index (χ0) is 14.8. The SMILES string of the molecule is CC(C)(C)OC(=O)[C@H]1CCCN1Cc1cccc(Cl)n1. The van der Waals surface area contributed by atoms with E-state index < -0.39 is 5.60 Å². The maximum atomic E-state index is 12.2. The summed E-state index contributed by atoms with van der Waals surface area (Å²) in [5, 5.41) is 0.482. The van der Waals surface area contributed by atoms with Gasteiger partial charge >= 0.3 is 5.97 Å². The summed E-state index contributed by atoms with van der Waals surface area (Å²) in [6, 6.07) is 5.38. The Bertz CT molecular complexity index is 485. The van der Waals surface area contributed by atoms with Gasteiger partial charge in [0.1, 0.15) is 16.8 Å². The molecule has 0 amide bonds. The van der Waals surface area contributed by atoms with Crippen molar-refractivity contribution >= 4 is 17.6 Å². The number of likely N-dealkylation sites (tertiary alicyclic amines) is 1. The number of carbonyl (C=O) groups is 1. The van der Waals surface area contributed by atoms with Gasteiger partial charge in [-0.25, -0.2) is 4.98 Å². The number of pyridine rings is 1. The van der Waals surface area contributed by atoms with Gasteiger partial charge in [-0.15, -0.1) is 0 Å². The Morgan fingerprint density at radius 2 is 2.25 bits per heavy atom. The molecule has 1 saturated heterocycles. The predicted octanol–water partition coefficient (Wildman–Crippen LogP) is 3.04. The lowest BCUT2D eigenvalue weighted by atomic mass is 10.1. The molecule has 1 fully saturated rings. The van der Waals surface area contributed by atoms with Crippen molar-refractivity contribution in [2.45, 2.75) is 51.8 Å². The van der Waals surface area contributed by atoms with Crippen molar-refractivity contribution in [3.8, 4) is 0 Å². The Labute approximate surface area is 125 Å². The van der Waals surface area contributed by atoms with E-state index in [9.17, 15) is 4.79 Å². The van der Waals surface area contributed by atoms with Crippen molar-refractivity contribution in [2.24, 2.45) is 0 Å². The average molecular weight is 297 g/mol. The molecule has 1 atom stereocenters. The Morgan fingerprint density at radius 1 is 1.50 bits per heavy atom. The molecule has 20 heavy (non-hydrogen) atoms. The van der Waals surface area contributed by atoms with Crippen molar-refractivity contribution in [3.05, 3.63) is 29.0 Å². The first kappa shape index (κ1) is 15.3. The van der Waals surface area contributed by atoms with E-state index >= 15 is 0 Å². The summed E-state index contributed by atoms with van der Waals surface area (Å²) < 4.78 is 5.49. The summed E-state index contributed by atoms with van der Waals surface area (Å²) in [6.45, 7) is 7.19. The number of carbonyl (C=O) groups excluding carboxylic acids is 1. The fraction of sp³-hybridized carbons (Fsp3) is 0.600. The van der Waals surface area contributed by atoms with Gasteiger partial charge in [0, 0.05) is 6.54 Å². The van der Waals surface area contributed by atoms with E-state index in [0.717, 1.165) is 25.1 Å². The van der Waals surface area contributed by atoms with Gasteiger partial charge in [-0.05, 0) is 52.3 Å². The maximum Gasteiger partial charge on any atom is 0.323 e. The zero-order valence-corrected chi connectivity index (χ0v) is 13.0. The molecule has 0 spiro atoms. The first-order valence-electron chi connectivity index (χ1n) is 6.93. The van der Waals surface area contributed by atoms with Gasteiger partial charge in [-0.1, -0.05) is 17.7 Å². The Kier molecular flexibility index (Phi) is 4.66. The summed E-state index contributed by atoms with van der Waals surface area (Å²) in [5.41, 5.74) is 0.438. The molecular formula is C15H21ClN2O2. The third-order valence-electron chi connectivity index (χ3n) is 3.18. The van der Waals surface area contributed by atoms with Crippen molar-refractivity contribution in [3.63, 3.8) is 0 Å². The van der Waals surface area contributed by atoms with E-state index in [2.05, 4.69) is 9.88 Å². The van der Waals surface area contributed by atoms with E-state index in [1.807, 2.05) is 32.9 Å². The lowest BCUT2D eigenvalue weighted by Gasteiger charge is -2.27. The van der Waals surface area contributed by atoms with E-state index in [-0.39, 0.29) is 12.0 Å². The quantitative estimate of drug-likeness (QED) is 0.635. The third-order valence-corrected chi connectivity index (χ3v) is 3.39. The minimum absolute atomic E-state index is 0.142. The molecule has 0 aliphatic carbocycles. The van der Waals surface area contributed by atoms with Crippen LogP contribution in [0, 0.1) is 0 Å². The highest BCUT2D eigenvalue weighted by atomic mass is 35.5. The Balaban J connectivity index is 2.02. The first-order chi connectivity index (χ1) is 9.35. The van der Waals surface area contributed by atoms with Crippen LogP contribution in [0.15, 0.2) is 18.2 Å². The summed E-state index contributed by atoms with van der Waals surface area (Å²) in [6.07, 6.45) is 1.85. The van der Waals surface area contributed by atoms with Crippen LogP contribution in [0.1, 0.15) is 39.3 Å². The third kappa shape index (κ3) is 4.18. The molecule has 2 rings (SSSR count). The summed E-state index contributed by atoms with van der Waals surface area (Å²) in [4.78, 5) is 18.6. The van der Waals surface area contributed by atoms with Gasteiger partial charge < -0.3 is 4.74 Å². The summed E-state index contributed by atoms with van der Waals surface area (Å²) >= 11 is 5.90. The van der Waals surface area contributed by atoms with Crippen LogP contribution in [0.3, 0.4) is 0 Å². The number of hydrogen-bond donors (Lipinski definition) is 0. The van der Waals surface area contributed by atoms with E-state index in [0.29, 0.717) is 11.7 Å². The van der Waals surface area contributed by atoms with E-state index in [1.165, 1.54) is 0 Å². The van der Waals surface area contributed by atoms with Crippen LogP contribution >= 0.6 is 11.6 Å². The zero-order valence-electron chi connectivity index (χ0n) is 12.2. The number of rotatable bonds is 3.